The van der Waals surface area contributed by atoms with Crippen LogP contribution >= 0.6 is 0 Å². The molecular formula is C24H35N3O4S. The van der Waals surface area contributed by atoms with Gasteiger partial charge in [0.1, 0.15) is 11.5 Å². The molecule has 0 aliphatic carbocycles. The van der Waals surface area contributed by atoms with Gasteiger partial charge >= 0.3 is 0 Å². The molecule has 3 rings (SSSR count). The van der Waals surface area contributed by atoms with Crippen LogP contribution in [0, 0.1) is 0 Å². The summed E-state index contributed by atoms with van der Waals surface area (Å²) >= 11 is 0. The third-order valence-electron chi connectivity index (χ3n) is 5.80. The average Bonchev–Trinajstić information content (AvgIpc) is 2.78. The highest BCUT2D eigenvalue weighted by Crippen LogP contribution is 2.29. The minimum atomic E-state index is -3.34. The summed E-state index contributed by atoms with van der Waals surface area (Å²) in [7, 11) is -0.0733. The predicted molar refractivity (Wildman–Crippen MR) is 131 cm³/mol. The van der Waals surface area contributed by atoms with Gasteiger partial charge in [-0.3, -0.25) is 9.62 Å². The van der Waals surface area contributed by atoms with Crippen molar-refractivity contribution < 1.29 is 17.9 Å². The number of benzene rings is 2. The van der Waals surface area contributed by atoms with Crippen molar-refractivity contribution in [2.24, 2.45) is 0 Å². The van der Waals surface area contributed by atoms with E-state index in [0.29, 0.717) is 11.4 Å². The van der Waals surface area contributed by atoms with Gasteiger partial charge in [-0.05, 0) is 55.6 Å². The molecule has 8 heteroatoms. The lowest BCUT2D eigenvalue weighted by Crippen LogP contribution is -2.46. The first-order chi connectivity index (χ1) is 15.4. The summed E-state index contributed by atoms with van der Waals surface area (Å²) < 4.78 is 36.5. The number of nitrogens with zero attached hydrogens (tertiary/aromatic N) is 2. The van der Waals surface area contributed by atoms with Crippen molar-refractivity contribution in [3.8, 4) is 11.5 Å². The second-order valence-corrected chi connectivity index (χ2v) is 9.97. The standard InChI is InChI=1S/C24H35N3O4S/c1-30-23-13-12-20(19-21(23)25-32(3,28)29)9-5-4-8-14-26-15-17-27(18-16-26)22-10-6-7-11-24(22)31-2/h6-7,10-13,19,25H,4-5,8-9,14-18H2,1-3H3. The zero-order valence-electron chi connectivity index (χ0n) is 19.3. The van der Waals surface area contributed by atoms with Crippen LogP contribution in [0.1, 0.15) is 24.8 Å². The lowest BCUT2D eigenvalue weighted by Gasteiger charge is -2.36. The molecule has 1 aliphatic rings. The van der Waals surface area contributed by atoms with Crippen LogP contribution < -0.4 is 19.1 Å². The highest BCUT2D eigenvalue weighted by atomic mass is 32.2. The number of hydrogen-bond acceptors (Lipinski definition) is 6. The van der Waals surface area contributed by atoms with Crippen molar-refractivity contribution in [2.45, 2.75) is 25.7 Å². The molecule has 1 fully saturated rings. The number of hydrogen-bond donors (Lipinski definition) is 1. The summed E-state index contributed by atoms with van der Waals surface area (Å²) in [5.41, 5.74) is 2.79. The molecule has 1 saturated heterocycles. The minimum Gasteiger partial charge on any atom is -0.495 e. The molecule has 2 aromatic carbocycles. The van der Waals surface area contributed by atoms with E-state index >= 15 is 0 Å². The van der Waals surface area contributed by atoms with Crippen LogP contribution in [0.3, 0.4) is 0 Å². The van der Waals surface area contributed by atoms with E-state index in [1.165, 1.54) is 12.1 Å². The molecule has 0 unspecified atom stereocenters. The van der Waals surface area contributed by atoms with E-state index in [0.717, 1.165) is 69.6 Å². The fourth-order valence-electron chi connectivity index (χ4n) is 4.13. The van der Waals surface area contributed by atoms with E-state index in [1.807, 2.05) is 30.3 Å². The summed E-state index contributed by atoms with van der Waals surface area (Å²) in [6.07, 6.45) is 5.46. The summed E-state index contributed by atoms with van der Waals surface area (Å²) in [4.78, 5) is 4.94. The average molecular weight is 462 g/mol. The molecule has 0 saturated carbocycles. The van der Waals surface area contributed by atoms with Crippen LogP contribution in [0.2, 0.25) is 0 Å². The van der Waals surface area contributed by atoms with E-state index in [2.05, 4.69) is 26.7 Å². The van der Waals surface area contributed by atoms with Gasteiger partial charge in [0.05, 0.1) is 31.9 Å². The van der Waals surface area contributed by atoms with Gasteiger partial charge in [-0.25, -0.2) is 8.42 Å². The number of unbranched alkanes of at least 4 members (excludes halogenated alkanes) is 2. The molecule has 0 spiro atoms. The number of nitrogens with one attached hydrogen (secondary N) is 1. The van der Waals surface area contributed by atoms with Crippen molar-refractivity contribution in [1.29, 1.82) is 0 Å². The zero-order chi connectivity index (χ0) is 23.0. The Balaban J connectivity index is 1.39. The summed E-state index contributed by atoms with van der Waals surface area (Å²) in [6, 6.07) is 13.9. The highest BCUT2D eigenvalue weighted by molar-refractivity contribution is 7.92. The van der Waals surface area contributed by atoms with E-state index in [1.54, 1.807) is 14.2 Å². The van der Waals surface area contributed by atoms with Gasteiger partial charge in [0.15, 0.2) is 0 Å². The van der Waals surface area contributed by atoms with Crippen LogP contribution in [0.5, 0.6) is 11.5 Å². The Morgan fingerprint density at radius 3 is 2.31 bits per heavy atom. The van der Waals surface area contributed by atoms with Crippen LogP contribution in [0.15, 0.2) is 42.5 Å². The molecular weight excluding hydrogens is 426 g/mol. The SMILES string of the molecule is COc1ccc(CCCCCN2CCN(c3ccccc3OC)CC2)cc1NS(C)(=O)=O. The molecule has 0 amide bonds. The third-order valence-corrected chi connectivity index (χ3v) is 6.39. The molecule has 2 aromatic rings. The first-order valence-electron chi connectivity index (χ1n) is 11.1. The Morgan fingerprint density at radius 2 is 1.62 bits per heavy atom. The number of aryl methyl sites for hydroxylation is 1. The number of rotatable bonds is 11. The maximum Gasteiger partial charge on any atom is 0.229 e. The van der Waals surface area contributed by atoms with E-state index in [-0.39, 0.29) is 0 Å². The van der Waals surface area contributed by atoms with Crippen LogP contribution in [0.25, 0.3) is 0 Å². The number of methoxy groups -OCH3 is 2. The van der Waals surface area contributed by atoms with Crippen molar-refractivity contribution in [1.82, 2.24) is 4.90 Å². The largest absolute Gasteiger partial charge is 0.495 e. The molecule has 7 nitrogen and oxygen atoms in total. The van der Waals surface area contributed by atoms with Crippen LogP contribution in [-0.4, -0.2) is 66.5 Å². The molecule has 1 aliphatic heterocycles. The summed E-state index contributed by atoms with van der Waals surface area (Å²) in [5.74, 6) is 1.47. The Hall–Kier alpha value is -2.45. The quantitative estimate of drug-likeness (QED) is 0.516. The van der Waals surface area contributed by atoms with Crippen LogP contribution in [0.4, 0.5) is 11.4 Å². The molecule has 1 heterocycles. The van der Waals surface area contributed by atoms with Gasteiger partial charge in [0, 0.05) is 26.2 Å². The molecule has 1 N–H and O–H groups in total. The van der Waals surface area contributed by atoms with E-state index in [9.17, 15) is 8.42 Å². The molecule has 0 radical (unpaired) electrons. The highest BCUT2D eigenvalue weighted by Gasteiger charge is 2.19. The van der Waals surface area contributed by atoms with Gasteiger partial charge in [-0.15, -0.1) is 0 Å². The molecule has 32 heavy (non-hydrogen) atoms. The van der Waals surface area contributed by atoms with Gasteiger partial charge in [0.25, 0.3) is 0 Å². The van der Waals surface area contributed by atoms with Crippen LogP contribution in [-0.2, 0) is 16.4 Å². The Bertz CT molecular complexity index is 973. The second-order valence-electron chi connectivity index (χ2n) is 8.22. The van der Waals surface area contributed by atoms with Gasteiger partial charge in [-0.1, -0.05) is 24.6 Å². The molecule has 0 atom stereocenters. The molecule has 0 aromatic heterocycles. The lowest BCUT2D eigenvalue weighted by molar-refractivity contribution is 0.251. The van der Waals surface area contributed by atoms with Crippen molar-refractivity contribution in [3.63, 3.8) is 0 Å². The van der Waals surface area contributed by atoms with E-state index in [4.69, 9.17) is 9.47 Å². The predicted octanol–water partition coefficient (Wildman–Crippen LogP) is 3.61. The third kappa shape index (κ3) is 7.03. The monoisotopic (exact) mass is 461 g/mol. The molecule has 176 valence electrons. The Labute approximate surface area is 192 Å². The minimum absolute atomic E-state index is 0.500. The lowest BCUT2D eigenvalue weighted by atomic mass is 10.1. The first kappa shape index (κ1) is 24.2. The molecule has 0 bridgehead atoms. The Kier molecular flexibility index (Phi) is 8.64. The first-order valence-corrected chi connectivity index (χ1v) is 13.0. The maximum absolute atomic E-state index is 11.6. The summed E-state index contributed by atoms with van der Waals surface area (Å²) in [6.45, 7) is 5.28. The smallest absolute Gasteiger partial charge is 0.229 e. The number of anilines is 2. The number of ether oxygens (including phenoxy) is 2. The van der Waals surface area contributed by atoms with Crippen molar-refractivity contribution in [2.75, 3.05) is 62.8 Å². The van der Waals surface area contributed by atoms with Gasteiger partial charge in [-0.2, -0.15) is 0 Å². The number of para-hydroxylation sites is 2. The van der Waals surface area contributed by atoms with Crippen molar-refractivity contribution >= 4 is 21.4 Å². The number of piperazine rings is 1. The van der Waals surface area contributed by atoms with Crippen molar-refractivity contribution in [3.05, 3.63) is 48.0 Å². The zero-order valence-corrected chi connectivity index (χ0v) is 20.2. The Morgan fingerprint density at radius 1 is 0.906 bits per heavy atom. The second kappa shape index (κ2) is 11.4. The number of sulfonamides is 1. The fourth-order valence-corrected chi connectivity index (χ4v) is 4.69. The maximum atomic E-state index is 11.6. The van der Waals surface area contributed by atoms with Gasteiger partial charge in [0.2, 0.25) is 10.0 Å². The topological polar surface area (TPSA) is 71.1 Å². The van der Waals surface area contributed by atoms with E-state index < -0.39 is 10.0 Å². The fraction of sp³-hybridized carbons (Fsp3) is 0.500. The normalized spacial score (nSPS) is 14.9. The van der Waals surface area contributed by atoms with Gasteiger partial charge < -0.3 is 14.4 Å². The summed E-state index contributed by atoms with van der Waals surface area (Å²) in [5, 5.41) is 0.